The third-order valence-corrected chi connectivity index (χ3v) is 4.31. The van der Waals surface area contributed by atoms with Crippen molar-refractivity contribution >= 4 is 40.8 Å². The van der Waals surface area contributed by atoms with Gasteiger partial charge in [-0.05, 0) is 24.1 Å². The first-order valence-corrected chi connectivity index (χ1v) is 7.29. The Balaban J connectivity index is 2.44. The van der Waals surface area contributed by atoms with Crippen LogP contribution in [0.1, 0.15) is 25.3 Å². The number of nitrogens with zero attached hydrogens (tertiary/aromatic N) is 2. The van der Waals surface area contributed by atoms with Gasteiger partial charge >= 0.3 is 0 Å². The van der Waals surface area contributed by atoms with Gasteiger partial charge in [0.25, 0.3) is 0 Å². The highest BCUT2D eigenvalue weighted by Gasteiger charge is 2.15. The molecule has 0 aliphatic heterocycles. The number of aromatic nitrogens is 2. The minimum atomic E-state index is 0.238. The van der Waals surface area contributed by atoms with E-state index in [0.29, 0.717) is 15.9 Å². The van der Waals surface area contributed by atoms with Crippen molar-refractivity contribution in [1.29, 1.82) is 0 Å². The molecule has 1 aromatic carbocycles. The average Bonchev–Trinajstić information content (AvgIpc) is 2.33. The van der Waals surface area contributed by atoms with Crippen molar-refractivity contribution in [2.75, 3.05) is 5.73 Å². The van der Waals surface area contributed by atoms with Crippen LogP contribution >= 0.6 is 35.0 Å². The van der Waals surface area contributed by atoms with Crippen molar-refractivity contribution < 1.29 is 0 Å². The van der Waals surface area contributed by atoms with Crippen LogP contribution in [0, 0.1) is 0 Å². The van der Waals surface area contributed by atoms with Crippen LogP contribution in [0.25, 0.3) is 0 Å². The molecule has 19 heavy (non-hydrogen) atoms. The van der Waals surface area contributed by atoms with Crippen LogP contribution in [-0.2, 0) is 0 Å². The van der Waals surface area contributed by atoms with E-state index in [-0.39, 0.29) is 5.92 Å². The quantitative estimate of drug-likeness (QED) is 0.839. The van der Waals surface area contributed by atoms with Crippen molar-refractivity contribution in [1.82, 2.24) is 9.97 Å². The highest BCUT2D eigenvalue weighted by molar-refractivity contribution is 7.99. The van der Waals surface area contributed by atoms with Crippen LogP contribution in [-0.4, -0.2) is 9.97 Å². The third kappa shape index (κ3) is 3.32. The Labute approximate surface area is 126 Å². The lowest BCUT2D eigenvalue weighted by molar-refractivity contribution is 0.808. The Morgan fingerprint density at radius 1 is 1.21 bits per heavy atom. The first kappa shape index (κ1) is 14.4. The molecule has 0 spiro atoms. The SMILES string of the molecule is CC(C)c1c(N)ncnc1Sc1cc(Cl)ccc1Cl. The summed E-state index contributed by atoms with van der Waals surface area (Å²) >= 11 is 13.6. The van der Waals surface area contributed by atoms with E-state index in [0.717, 1.165) is 15.5 Å². The van der Waals surface area contributed by atoms with Crippen molar-refractivity contribution in [2.45, 2.75) is 29.7 Å². The Morgan fingerprint density at radius 2 is 1.95 bits per heavy atom. The second-order valence-electron chi connectivity index (χ2n) is 4.31. The highest BCUT2D eigenvalue weighted by atomic mass is 35.5. The van der Waals surface area contributed by atoms with Gasteiger partial charge in [0.2, 0.25) is 0 Å². The molecular formula is C13H13Cl2N3S. The van der Waals surface area contributed by atoms with E-state index >= 15 is 0 Å². The molecule has 6 heteroatoms. The van der Waals surface area contributed by atoms with E-state index in [9.17, 15) is 0 Å². The number of hydrogen-bond donors (Lipinski definition) is 1. The summed E-state index contributed by atoms with van der Waals surface area (Å²) in [7, 11) is 0. The number of anilines is 1. The van der Waals surface area contributed by atoms with E-state index in [1.807, 2.05) is 6.07 Å². The molecule has 2 N–H and O–H groups in total. The highest BCUT2D eigenvalue weighted by Crippen LogP contribution is 2.38. The van der Waals surface area contributed by atoms with Gasteiger partial charge in [-0.3, -0.25) is 0 Å². The van der Waals surface area contributed by atoms with Gasteiger partial charge in [0, 0.05) is 15.5 Å². The molecule has 0 saturated carbocycles. The van der Waals surface area contributed by atoms with Crippen molar-refractivity contribution in [3.05, 3.63) is 40.1 Å². The van der Waals surface area contributed by atoms with E-state index in [4.69, 9.17) is 28.9 Å². The van der Waals surface area contributed by atoms with E-state index in [2.05, 4.69) is 23.8 Å². The summed E-state index contributed by atoms with van der Waals surface area (Å²) in [6.07, 6.45) is 1.46. The molecule has 0 saturated heterocycles. The molecule has 0 aliphatic carbocycles. The number of nitrogen functional groups attached to an aromatic ring is 1. The first-order valence-electron chi connectivity index (χ1n) is 5.72. The molecule has 0 atom stereocenters. The zero-order valence-electron chi connectivity index (χ0n) is 10.5. The number of halogens is 2. The molecule has 100 valence electrons. The molecule has 1 heterocycles. The molecule has 0 unspecified atom stereocenters. The average molecular weight is 314 g/mol. The Morgan fingerprint density at radius 3 is 2.63 bits per heavy atom. The lowest BCUT2D eigenvalue weighted by Gasteiger charge is -2.13. The van der Waals surface area contributed by atoms with Crippen LogP contribution in [0.5, 0.6) is 0 Å². The Bertz CT molecular complexity index is 602. The van der Waals surface area contributed by atoms with Gasteiger partial charge in [0.1, 0.15) is 17.2 Å². The maximum Gasteiger partial charge on any atom is 0.131 e. The monoisotopic (exact) mass is 313 g/mol. The van der Waals surface area contributed by atoms with Crippen molar-refractivity contribution in [3.63, 3.8) is 0 Å². The summed E-state index contributed by atoms with van der Waals surface area (Å²) in [6, 6.07) is 5.34. The third-order valence-electron chi connectivity index (χ3n) is 2.56. The summed E-state index contributed by atoms with van der Waals surface area (Å²) < 4.78 is 0. The molecule has 0 aliphatic rings. The van der Waals surface area contributed by atoms with Crippen molar-refractivity contribution in [3.8, 4) is 0 Å². The van der Waals surface area contributed by atoms with Crippen LogP contribution in [0.3, 0.4) is 0 Å². The van der Waals surface area contributed by atoms with Gasteiger partial charge in [0.05, 0.1) is 5.02 Å². The fraction of sp³-hybridized carbons (Fsp3) is 0.231. The second-order valence-corrected chi connectivity index (χ2v) is 6.18. The number of rotatable bonds is 3. The zero-order valence-corrected chi connectivity index (χ0v) is 12.9. The summed E-state index contributed by atoms with van der Waals surface area (Å²) in [5.74, 6) is 0.743. The van der Waals surface area contributed by atoms with Gasteiger partial charge in [-0.15, -0.1) is 0 Å². The maximum atomic E-state index is 6.16. The number of benzene rings is 1. The minimum absolute atomic E-state index is 0.238. The first-order chi connectivity index (χ1) is 8.99. The van der Waals surface area contributed by atoms with Crippen LogP contribution in [0.4, 0.5) is 5.82 Å². The lowest BCUT2D eigenvalue weighted by Crippen LogP contribution is -2.03. The Kier molecular flexibility index (Phi) is 4.55. The van der Waals surface area contributed by atoms with Gasteiger partial charge < -0.3 is 5.73 Å². The summed E-state index contributed by atoms with van der Waals surface area (Å²) in [5.41, 5.74) is 6.85. The number of hydrogen-bond acceptors (Lipinski definition) is 4. The molecule has 2 aromatic rings. The van der Waals surface area contributed by atoms with Crippen LogP contribution in [0.15, 0.2) is 34.4 Å². The Hall–Kier alpha value is -0.970. The van der Waals surface area contributed by atoms with Crippen molar-refractivity contribution in [2.24, 2.45) is 0 Å². The molecule has 2 rings (SSSR count). The molecule has 0 bridgehead atoms. The van der Waals surface area contributed by atoms with Gasteiger partial charge in [0.15, 0.2) is 0 Å². The predicted molar refractivity (Wildman–Crippen MR) is 81.1 cm³/mol. The molecule has 0 amide bonds. The lowest BCUT2D eigenvalue weighted by atomic mass is 10.1. The van der Waals surface area contributed by atoms with E-state index in [1.165, 1.54) is 18.1 Å². The van der Waals surface area contributed by atoms with Crippen LogP contribution in [0.2, 0.25) is 10.0 Å². The molecule has 0 fully saturated rings. The van der Waals surface area contributed by atoms with Crippen LogP contribution < -0.4 is 5.73 Å². The molecule has 0 radical (unpaired) electrons. The second kappa shape index (κ2) is 5.99. The summed E-state index contributed by atoms with van der Waals surface area (Å²) in [5, 5.41) is 2.09. The molecular weight excluding hydrogens is 301 g/mol. The molecule has 1 aromatic heterocycles. The zero-order chi connectivity index (χ0) is 14.0. The van der Waals surface area contributed by atoms with E-state index < -0.39 is 0 Å². The molecule has 3 nitrogen and oxygen atoms in total. The normalized spacial score (nSPS) is 11.0. The fourth-order valence-electron chi connectivity index (χ4n) is 1.68. The standard InChI is InChI=1S/C13H13Cl2N3S/c1-7(2)11-12(16)17-6-18-13(11)19-10-5-8(14)3-4-9(10)15/h3-7H,1-2H3,(H2,16,17,18). The summed E-state index contributed by atoms with van der Waals surface area (Å²) in [6.45, 7) is 4.11. The van der Waals surface area contributed by atoms with Gasteiger partial charge in [-0.1, -0.05) is 48.8 Å². The van der Waals surface area contributed by atoms with Gasteiger partial charge in [-0.2, -0.15) is 0 Å². The smallest absolute Gasteiger partial charge is 0.131 e. The largest absolute Gasteiger partial charge is 0.383 e. The van der Waals surface area contributed by atoms with Gasteiger partial charge in [-0.25, -0.2) is 9.97 Å². The number of nitrogens with two attached hydrogens (primary N) is 1. The van der Waals surface area contributed by atoms with E-state index in [1.54, 1.807) is 12.1 Å². The minimum Gasteiger partial charge on any atom is -0.383 e. The predicted octanol–water partition coefficient (Wildman–Crippen LogP) is 4.64. The summed E-state index contributed by atoms with van der Waals surface area (Å²) in [4.78, 5) is 9.19. The maximum absolute atomic E-state index is 6.16. The topological polar surface area (TPSA) is 51.8 Å². The fourth-order valence-corrected chi connectivity index (χ4v) is 3.26.